The van der Waals surface area contributed by atoms with Crippen molar-refractivity contribution < 1.29 is 13.9 Å². The van der Waals surface area contributed by atoms with Gasteiger partial charge in [0.15, 0.2) is 0 Å². The molecule has 0 fully saturated rings. The van der Waals surface area contributed by atoms with E-state index in [1.165, 1.54) is 6.07 Å². The van der Waals surface area contributed by atoms with E-state index < -0.39 is 0 Å². The van der Waals surface area contributed by atoms with E-state index in [1.807, 2.05) is 0 Å². The van der Waals surface area contributed by atoms with E-state index in [0.717, 1.165) is 0 Å². The molecule has 0 spiro atoms. The summed E-state index contributed by atoms with van der Waals surface area (Å²) in [7, 11) is 0. The van der Waals surface area contributed by atoms with Crippen molar-refractivity contribution in [2.75, 3.05) is 6.61 Å². The molecule has 0 saturated carbocycles. The number of rotatable bonds is 4. The smallest absolute Gasteiger partial charge is 0.309 e. The summed E-state index contributed by atoms with van der Waals surface area (Å²) >= 11 is 0. The predicted octanol–water partition coefficient (Wildman–Crippen LogP) is 2.50. The number of carbonyl (C=O) groups is 1. The maximum atomic E-state index is 12.9. The van der Waals surface area contributed by atoms with Gasteiger partial charge in [0, 0.05) is 0 Å². The van der Waals surface area contributed by atoms with Crippen LogP contribution in [0.3, 0.4) is 0 Å². The second-order valence-electron chi connectivity index (χ2n) is 3.21. The van der Waals surface area contributed by atoms with E-state index in [0.29, 0.717) is 18.0 Å². The molecule has 0 unspecified atom stereocenters. The number of esters is 1. The highest BCUT2D eigenvalue weighted by Gasteiger charge is 1.99. The quantitative estimate of drug-likeness (QED) is 0.736. The van der Waals surface area contributed by atoms with Crippen molar-refractivity contribution in [2.45, 2.75) is 20.3 Å². The van der Waals surface area contributed by atoms with Crippen molar-refractivity contribution in [3.05, 3.63) is 35.4 Å². The van der Waals surface area contributed by atoms with Crippen molar-refractivity contribution in [2.24, 2.45) is 0 Å². The van der Waals surface area contributed by atoms with Crippen LogP contribution in [0.15, 0.2) is 18.2 Å². The summed E-state index contributed by atoms with van der Waals surface area (Å²) in [4.78, 5) is 15.0. The summed E-state index contributed by atoms with van der Waals surface area (Å²) in [5.41, 5.74) is 0.974. The third kappa shape index (κ3) is 3.81. The van der Waals surface area contributed by atoms with Gasteiger partial charge in [0.25, 0.3) is 0 Å². The highest BCUT2D eigenvalue weighted by Crippen LogP contribution is 2.06. The fourth-order valence-electron chi connectivity index (χ4n) is 1.15. The van der Waals surface area contributed by atoms with Gasteiger partial charge in [0.1, 0.15) is 5.82 Å². The number of hydrogen-bond donors (Lipinski definition) is 0. The Morgan fingerprint density at radius 3 is 2.94 bits per heavy atom. The topological polar surface area (TPSA) is 39.2 Å². The van der Waals surface area contributed by atoms with Gasteiger partial charge < -0.3 is 4.74 Å². The molecule has 0 aliphatic carbocycles. The fraction of sp³-hybridized carbons (Fsp3) is 0.333. The minimum atomic E-state index is -0.331. The number of nitrogens with zero attached hydrogens (tertiary/aromatic N) is 1. The summed E-state index contributed by atoms with van der Waals surface area (Å²) in [6, 6.07) is 2.91. The summed E-state index contributed by atoms with van der Waals surface area (Å²) < 4.78 is 17.6. The molecule has 0 saturated heterocycles. The molecule has 1 heterocycles. The number of ether oxygens (including phenoxy) is 1. The van der Waals surface area contributed by atoms with Crippen molar-refractivity contribution in [1.29, 1.82) is 0 Å². The van der Waals surface area contributed by atoms with Crippen molar-refractivity contribution in [3.63, 3.8) is 0 Å². The Labute approximate surface area is 94.0 Å². The SMILES string of the molecule is CCOC(=O)CC=Cc1ccc(F)c(C)n1. The Balaban J connectivity index is 2.56. The Morgan fingerprint density at radius 1 is 1.56 bits per heavy atom. The molecule has 1 rings (SSSR count). The Bertz CT molecular complexity index is 402. The van der Waals surface area contributed by atoms with Gasteiger partial charge in [0.2, 0.25) is 0 Å². The Morgan fingerprint density at radius 2 is 2.31 bits per heavy atom. The molecule has 0 atom stereocenters. The molecule has 86 valence electrons. The minimum absolute atomic E-state index is 0.200. The lowest BCUT2D eigenvalue weighted by Crippen LogP contribution is -2.01. The van der Waals surface area contributed by atoms with Crippen LogP contribution in [-0.4, -0.2) is 17.6 Å². The molecule has 3 nitrogen and oxygen atoms in total. The number of carbonyl (C=O) groups excluding carboxylic acids is 1. The second kappa shape index (κ2) is 6.00. The molecule has 1 aromatic heterocycles. The second-order valence-corrected chi connectivity index (χ2v) is 3.21. The van der Waals surface area contributed by atoms with E-state index in [-0.39, 0.29) is 18.2 Å². The molecule has 4 heteroatoms. The van der Waals surface area contributed by atoms with E-state index >= 15 is 0 Å². The van der Waals surface area contributed by atoms with Gasteiger partial charge in [0.05, 0.1) is 24.4 Å². The fourth-order valence-corrected chi connectivity index (χ4v) is 1.15. The summed E-state index contributed by atoms with van der Waals surface area (Å²) in [6.07, 6.45) is 3.52. The van der Waals surface area contributed by atoms with Crippen LogP contribution < -0.4 is 0 Å². The molecular formula is C12H14FNO2. The highest BCUT2D eigenvalue weighted by atomic mass is 19.1. The first-order valence-electron chi connectivity index (χ1n) is 5.08. The van der Waals surface area contributed by atoms with Crippen LogP contribution in [0.5, 0.6) is 0 Å². The van der Waals surface area contributed by atoms with Crippen molar-refractivity contribution in [1.82, 2.24) is 4.98 Å². The lowest BCUT2D eigenvalue weighted by Gasteiger charge is -1.98. The molecular weight excluding hydrogens is 209 g/mol. The van der Waals surface area contributed by atoms with E-state index in [1.54, 1.807) is 32.1 Å². The zero-order valence-electron chi connectivity index (χ0n) is 9.37. The molecule has 0 radical (unpaired) electrons. The molecule has 0 aliphatic rings. The van der Waals surface area contributed by atoms with Crippen LogP contribution in [0.25, 0.3) is 6.08 Å². The number of halogens is 1. The summed E-state index contributed by atoms with van der Waals surface area (Å²) in [5.74, 6) is -0.611. The zero-order valence-corrected chi connectivity index (χ0v) is 9.37. The van der Waals surface area contributed by atoms with Crippen LogP contribution in [0.2, 0.25) is 0 Å². The number of hydrogen-bond acceptors (Lipinski definition) is 3. The van der Waals surface area contributed by atoms with Gasteiger partial charge in [-0.15, -0.1) is 0 Å². The average Bonchev–Trinajstić information content (AvgIpc) is 2.24. The summed E-state index contributed by atoms with van der Waals surface area (Å²) in [5, 5.41) is 0. The van der Waals surface area contributed by atoms with E-state index in [9.17, 15) is 9.18 Å². The molecule has 0 amide bonds. The predicted molar refractivity (Wildman–Crippen MR) is 59.2 cm³/mol. The van der Waals surface area contributed by atoms with Gasteiger partial charge >= 0.3 is 5.97 Å². The maximum Gasteiger partial charge on any atom is 0.309 e. The van der Waals surface area contributed by atoms with Crippen molar-refractivity contribution in [3.8, 4) is 0 Å². The maximum absolute atomic E-state index is 12.9. The van der Waals surface area contributed by atoms with Gasteiger partial charge in [-0.2, -0.15) is 0 Å². The third-order valence-electron chi connectivity index (χ3n) is 1.92. The normalized spacial score (nSPS) is 10.7. The van der Waals surface area contributed by atoms with Crippen LogP contribution >= 0.6 is 0 Å². The van der Waals surface area contributed by atoms with E-state index in [2.05, 4.69) is 4.98 Å². The zero-order chi connectivity index (χ0) is 12.0. The number of pyridine rings is 1. The first kappa shape index (κ1) is 12.4. The van der Waals surface area contributed by atoms with Crippen molar-refractivity contribution >= 4 is 12.0 Å². The van der Waals surface area contributed by atoms with Crippen LogP contribution in [0.4, 0.5) is 4.39 Å². The Hall–Kier alpha value is -1.71. The molecule has 0 aliphatic heterocycles. The molecule has 0 aromatic carbocycles. The van der Waals surface area contributed by atoms with Gasteiger partial charge in [-0.3, -0.25) is 9.78 Å². The van der Waals surface area contributed by atoms with Crippen LogP contribution in [-0.2, 0) is 9.53 Å². The van der Waals surface area contributed by atoms with Gasteiger partial charge in [-0.05, 0) is 32.1 Å². The first-order valence-corrected chi connectivity index (χ1v) is 5.08. The first-order chi connectivity index (χ1) is 7.63. The molecule has 16 heavy (non-hydrogen) atoms. The summed E-state index contributed by atoms with van der Waals surface area (Å²) in [6.45, 7) is 3.73. The Kier molecular flexibility index (Phi) is 4.64. The monoisotopic (exact) mass is 223 g/mol. The van der Waals surface area contributed by atoms with Crippen LogP contribution in [0, 0.1) is 12.7 Å². The number of aromatic nitrogens is 1. The average molecular weight is 223 g/mol. The van der Waals surface area contributed by atoms with Crippen LogP contribution in [0.1, 0.15) is 24.7 Å². The largest absolute Gasteiger partial charge is 0.466 e. The molecule has 1 aromatic rings. The minimum Gasteiger partial charge on any atom is -0.466 e. The molecule has 0 bridgehead atoms. The lowest BCUT2D eigenvalue weighted by molar-refractivity contribution is -0.142. The molecule has 0 N–H and O–H groups in total. The number of aryl methyl sites for hydroxylation is 1. The van der Waals surface area contributed by atoms with E-state index in [4.69, 9.17) is 4.74 Å². The lowest BCUT2D eigenvalue weighted by atomic mass is 10.2. The van der Waals surface area contributed by atoms with Gasteiger partial charge in [-0.25, -0.2) is 4.39 Å². The highest BCUT2D eigenvalue weighted by molar-refractivity contribution is 5.72. The van der Waals surface area contributed by atoms with Gasteiger partial charge in [-0.1, -0.05) is 6.08 Å². The third-order valence-corrected chi connectivity index (χ3v) is 1.92. The standard InChI is InChI=1S/C12H14FNO2/c1-3-16-12(15)6-4-5-10-7-8-11(13)9(2)14-10/h4-5,7-8H,3,6H2,1-2H3.